The van der Waals surface area contributed by atoms with Crippen molar-refractivity contribution in [1.29, 1.82) is 0 Å². The topological polar surface area (TPSA) is 53.7 Å². The predicted octanol–water partition coefficient (Wildman–Crippen LogP) is -0.0400. The second-order valence-electron chi connectivity index (χ2n) is 1.81. The summed E-state index contributed by atoms with van der Waals surface area (Å²) in [7, 11) is 0. The highest BCUT2D eigenvalue weighted by Gasteiger charge is 2.10. The third-order valence-corrected chi connectivity index (χ3v) is 1.13. The van der Waals surface area contributed by atoms with E-state index in [1.807, 2.05) is 6.92 Å². The molecule has 0 atom stereocenters. The van der Waals surface area contributed by atoms with E-state index in [4.69, 9.17) is 5.84 Å². The Labute approximate surface area is 54.0 Å². The van der Waals surface area contributed by atoms with Crippen molar-refractivity contribution in [2.75, 3.05) is 0 Å². The highest BCUT2D eigenvalue weighted by Crippen LogP contribution is 2.02. The van der Waals surface area contributed by atoms with Crippen molar-refractivity contribution in [2.45, 2.75) is 13.3 Å². The molecule has 9 heavy (non-hydrogen) atoms. The molecule has 4 heteroatoms. The summed E-state index contributed by atoms with van der Waals surface area (Å²) in [5.41, 5.74) is 2.81. The second kappa shape index (κ2) is 2.06. The maximum absolute atomic E-state index is 5.35. The molecule has 1 rings (SSSR count). The van der Waals surface area contributed by atoms with Crippen LogP contribution >= 0.6 is 0 Å². The van der Waals surface area contributed by atoms with Gasteiger partial charge in [-0.15, -0.1) is 0 Å². The lowest BCUT2D eigenvalue weighted by atomic mass is 10.5. The Morgan fingerprint density at radius 1 is 1.89 bits per heavy atom. The first-order valence-corrected chi connectivity index (χ1v) is 2.82. The fourth-order valence-corrected chi connectivity index (χ4v) is 0.596. The lowest BCUT2D eigenvalue weighted by Gasteiger charge is -2.09. The number of aliphatic imine (C=N–C) groups is 1. The molecule has 0 aliphatic carbocycles. The van der Waals surface area contributed by atoms with Crippen molar-refractivity contribution in [2.24, 2.45) is 10.8 Å². The molecular weight excluding hydrogens is 116 g/mol. The average Bonchev–Trinajstić information content (AvgIpc) is 2.13. The molecule has 0 aromatic carbocycles. The average molecular weight is 126 g/mol. The fourth-order valence-electron chi connectivity index (χ4n) is 0.596. The van der Waals surface area contributed by atoms with E-state index < -0.39 is 0 Å². The van der Waals surface area contributed by atoms with Gasteiger partial charge in [0.25, 0.3) is 0 Å². The molecule has 0 bridgehead atoms. The summed E-state index contributed by atoms with van der Waals surface area (Å²) in [6.45, 7) is 5.58. The van der Waals surface area contributed by atoms with Crippen LogP contribution in [0.5, 0.6) is 0 Å². The highest BCUT2D eigenvalue weighted by atomic mass is 15.7. The molecule has 1 heterocycles. The Morgan fingerprint density at radius 3 is 2.78 bits per heavy atom. The maximum Gasteiger partial charge on any atom is 0.158 e. The molecule has 0 aromatic heterocycles. The Kier molecular flexibility index (Phi) is 1.40. The van der Waals surface area contributed by atoms with Crippen molar-refractivity contribution < 1.29 is 0 Å². The van der Waals surface area contributed by atoms with Gasteiger partial charge in [-0.05, 0) is 0 Å². The molecule has 0 radical (unpaired) electrons. The number of nitrogens with two attached hydrogens (primary N) is 1. The van der Waals surface area contributed by atoms with Gasteiger partial charge in [0.05, 0.1) is 0 Å². The van der Waals surface area contributed by atoms with Gasteiger partial charge in [0.1, 0.15) is 5.84 Å². The first-order valence-electron chi connectivity index (χ1n) is 2.82. The van der Waals surface area contributed by atoms with Crippen LogP contribution in [0.3, 0.4) is 0 Å². The van der Waals surface area contributed by atoms with Crippen LogP contribution in [-0.4, -0.2) is 11.0 Å². The van der Waals surface area contributed by atoms with Crippen LogP contribution in [-0.2, 0) is 0 Å². The van der Waals surface area contributed by atoms with Gasteiger partial charge in [-0.25, -0.2) is 16.0 Å². The van der Waals surface area contributed by atoms with Gasteiger partial charge >= 0.3 is 0 Å². The molecule has 50 valence electrons. The molecule has 0 amide bonds. The standard InChI is InChI=1S/C5H10N4/c1-3-5-7-4(2)9(6)8-5/h2-3,6H2,1H3,(H,7,8). The van der Waals surface area contributed by atoms with E-state index >= 15 is 0 Å². The number of nitrogens with one attached hydrogen (secondary N) is 1. The molecule has 1 aliphatic heterocycles. The number of hydrazine groups is 2. The zero-order valence-electron chi connectivity index (χ0n) is 5.39. The van der Waals surface area contributed by atoms with Gasteiger partial charge in [-0.1, -0.05) is 13.5 Å². The zero-order chi connectivity index (χ0) is 6.85. The Bertz CT molecular complexity index is 160. The van der Waals surface area contributed by atoms with Crippen LogP contribution in [0.1, 0.15) is 13.3 Å². The number of amidine groups is 1. The third-order valence-electron chi connectivity index (χ3n) is 1.13. The summed E-state index contributed by atoms with van der Waals surface area (Å²) in [4.78, 5) is 4.00. The summed E-state index contributed by atoms with van der Waals surface area (Å²) < 4.78 is 0. The number of rotatable bonds is 1. The van der Waals surface area contributed by atoms with Gasteiger partial charge in [0, 0.05) is 6.42 Å². The Balaban J connectivity index is 2.62. The van der Waals surface area contributed by atoms with Crippen molar-refractivity contribution in [3.05, 3.63) is 12.4 Å². The van der Waals surface area contributed by atoms with Crippen LogP contribution in [0.2, 0.25) is 0 Å². The quantitative estimate of drug-likeness (QED) is 0.485. The summed E-state index contributed by atoms with van der Waals surface area (Å²) in [6, 6.07) is 0. The highest BCUT2D eigenvalue weighted by molar-refractivity contribution is 5.83. The van der Waals surface area contributed by atoms with E-state index in [-0.39, 0.29) is 0 Å². The van der Waals surface area contributed by atoms with E-state index in [2.05, 4.69) is 17.0 Å². The van der Waals surface area contributed by atoms with E-state index in [0.29, 0.717) is 5.82 Å². The SMILES string of the molecule is C=C1N=C(CC)NN1N. The monoisotopic (exact) mass is 126 g/mol. The van der Waals surface area contributed by atoms with Crippen molar-refractivity contribution >= 4 is 5.84 Å². The van der Waals surface area contributed by atoms with E-state index in [9.17, 15) is 0 Å². The molecule has 3 N–H and O–H groups in total. The Hall–Kier alpha value is -1.03. The van der Waals surface area contributed by atoms with Gasteiger partial charge in [-0.2, -0.15) is 0 Å². The zero-order valence-corrected chi connectivity index (χ0v) is 5.39. The number of hydrogen-bond acceptors (Lipinski definition) is 4. The molecule has 4 nitrogen and oxygen atoms in total. The maximum atomic E-state index is 5.35. The van der Waals surface area contributed by atoms with Gasteiger partial charge in [0.2, 0.25) is 0 Å². The first-order chi connectivity index (χ1) is 4.24. The summed E-state index contributed by atoms with van der Waals surface area (Å²) >= 11 is 0. The van der Waals surface area contributed by atoms with Crippen molar-refractivity contribution in [3.63, 3.8) is 0 Å². The minimum Gasteiger partial charge on any atom is -0.269 e. The normalized spacial score (nSPS) is 17.8. The lowest BCUT2D eigenvalue weighted by molar-refractivity contribution is 0.334. The minimum absolute atomic E-state index is 0.562. The molecule has 1 aliphatic rings. The molecule has 0 saturated carbocycles. The summed E-state index contributed by atoms with van der Waals surface area (Å²) in [5, 5.41) is 1.30. The largest absolute Gasteiger partial charge is 0.269 e. The molecule has 0 saturated heterocycles. The second-order valence-corrected chi connectivity index (χ2v) is 1.81. The molecule has 0 aromatic rings. The first kappa shape index (κ1) is 6.10. The van der Waals surface area contributed by atoms with Crippen LogP contribution in [0.15, 0.2) is 17.4 Å². The van der Waals surface area contributed by atoms with E-state index in [0.717, 1.165) is 12.3 Å². The van der Waals surface area contributed by atoms with Crippen LogP contribution in [0.4, 0.5) is 0 Å². The number of nitrogens with zero attached hydrogens (tertiary/aromatic N) is 2. The minimum atomic E-state index is 0.562. The van der Waals surface area contributed by atoms with Gasteiger partial charge < -0.3 is 0 Å². The number of hydrogen-bond donors (Lipinski definition) is 2. The predicted molar refractivity (Wildman–Crippen MR) is 36.0 cm³/mol. The molecule has 0 fully saturated rings. The lowest BCUT2D eigenvalue weighted by Crippen LogP contribution is -2.39. The van der Waals surface area contributed by atoms with Gasteiger partial charge in [-0.3, -0.25) is 5.43 Å². The van der Waals surface area contributed by atoms with Crippen LogP contribution < -0.4 is 11.3 Å². The van der Waals surface area contributed by atoms with E-state index in [1.54, 1.807) is 0 Å². The molecular formula is C5H10N4. The summed E-state index contributed by atoms with van der Waals surface area (Å²) in [6.07, 6.45) is 0.854. The Morgan fingerprint density at radius 2 is 2.56 bits per heavy atom. The molecule has 0 unspecified atom stereocenters. The third kappa shape index (κ3) is 1.02. The smallest absolute Gasteiger partial charge is 0.158 e. The van der Waals surface area contributed by atoms with Crippen molar-refractivity contribution in [1.82, 2.24) is 10.5 Å². The van der Waals surface area contributed by atoms with Gasteiger partial charge in [0.15, 0.2) is 5.82 Å². The van der Waals surface area contributed by atoms with Crippen LogP contribution in [0.25, 0.3) is 0 Å². The fraction of sp³-hybridized carbons (Fsp3) is 0.400. The summed E-state index contributed by atoms with van der Waals surface area (Å²) in [5.74, 6) is 6.78. The molecule has 0 spiro atoms. The van der Waals surface area contributed by atoms with E-state index in [1.165, 1.54) is 5.12 Å². The van der Waals surface area contributed by atoms with Crippen LogP contribution in [0, 0.1) is 0 Å². The van der Waals surface area contributed by atoms with Crippen molar-refractivity contribution in [3.8, 4) is 0 Å².